The smallest absolute Gasteiger partial charge is 0.352 e. The molecule has 1 amide bonds. The van der Waals surface area contributed by atoms with Crippen LogP contribution in [-0.4, -0.2) is 12.1 Å². The van der Waals surface area contributed by atoms with Crippen molar-refractivity contribution in [3.8, 4) is 0 Å². The lowest BCUT2D eigenvalue weighted by atomic mass is 9.91. The van der Waals surface area contributed by atoms with E-state index in [-0.39, 0.29) is 55.8 Å². The number of carbonyl (C=O) groups is 1. The van der Waals surface area contributed by atoms with Gasteiger partial charge in [-0.05, 0) is 49.2 Å². The van der Waals surface area contributed by atoms with Crippen LogP contribution in [0.25, 0.3) is 5.70 Å². The summed E-state index contributed by atoms with van der Waals surface area (Å²) < 4.78 is 56.7. The molecule has 1 aliphatic carbocycles. The van der Waals surface area contributed by atoms with E-state index in [4.69, 9.17) is 39.6 Å². The van der Waals surface area contributed by atoms with Crippen molar-refractivity contribution in [1.82, 2.24) is 10.8 Å². The third-order valence-electron chi connectivity index (χ3n) is 5.26. The summed E-state index contributed by atoms with van der Waals surface area (Å²) in [4.78, 5) is 16.9. The number of nitrogens with one attached hydrogen (secondary N) is 2. The maximum atomic E-state index is 14.2. The molecule has 1 unspecified atom stereocenters. The van der Waals surface area contributed by atoms with Crippen molar-refractivity contribution >= 4 is 46.4 Å². The summed E-state index contributed by atoms with van der Waals surface area (Å²) >= 11 is 17.7. The highest BCUT2D eigenvalue weighted by atomic mass is 35.5. The van der Waals surface area contributed by atoms with Crippen LogP contribution in [0.2, 0.25) is 15.1 Å². The third kappa shape index (κ3) is 4.29. The molecule has 2 aromatic carbocycles. The van der Waals surface area contributed by atoms with E-state index in [9.17, 15) is 22.4 Å². The fourth-order valence-corrected chi connectivity index (χ4v) is 3.90. The predicted octanol–water partition coefficient (Wildman–Crippen LogP) is 6.15. The minimum absolute atomic E-state index is 0.0423. The first-order chi connectivity index (χ1) is 15.0. The number of alkyl halides is 3. The lowest BCUT2D eigenvalue weighted by Gasteiger charge is -2.29. The zero-order valence-corrected chi connectivity index (χ0v) is 18.4. The molecule has 2 N–H and O–H groups in total. The van der Waals surface area contributed by atoms with Gasteiger partial charge in [0.05, 0.1) is 20.8 Å². The average molecular weight is 510 g/mol. The maximum absolute atomic E-state index is 14.2. The zero-order chi connectivity index (χ0) is 23.3. The number of carbonyl (C=O) groups excluding carboxylic acids is 1. The van der Waals surface area contributed by atoms with Crippen LogP contribution in [0.3, 0.4) is 0 Å². The Hall–Kier alpha value is -2.00. The summed E-state index contributed by atoms with van der Waals surface area (Å²) in [7, 11) is 0. The summed E-state index contributed by atoms with van der Waals surface area (Å²) in [6.45, 7) is -0.0873. The van der Waals surface area contributed by atoms with Gasteiger partial charge in [0.25, 0.3) is 0 Å². The molecule has 170 valence electrons. The minimum atomic E-state index is -4.90. The van der Waals surface area contributed by atoms with Crippen LogP contribution in [0, 0.1) is 11.7 Å². The second kappa shape index (κ2) is 8.41. The molecule has 11 heteroatoms. The first kappa shape index (κ1) is 23.2. The molecule has 1 heterocycles. The number of hydrogen-bond donors (Lipinski definition) is 2. The predicted molar refractivity (Wildman–Crippen MR) is 112 cm³/mol. The third-order valence-corrected chi connectivity index (χ3v) is 6.46. The van der Waals surface area contributed by atoms with E-state index >= 15 is 0 Å². The SMILES string of the molecule is O=C(NCc1cc(C2=CC(c3cc(Cl)c(Cl)c(Cl)c3)(C(F)(F)F)ON2)ccc1F)C1CC1. The van der Waals surface area contributed by atoms with Gasteiger partial charge in [0.15, 0.2) is 0 Å². The molecule has 1 atom stereocenters. The Morgan fingerprint density at radius 1 is 1.16 bits per heavy atom. The number of hydroxylamine groups is 1. The second-order valence-electron chi connectivity index (χ2n) is 7.55. The van der Waals surface area contributed by atoms with Gasteiger partial charge in [-0.2, -0.15) is 13.2 Å². The van der Waals surface area contributed by atoms with Crippen LogP contribution in [0.1, 0.15) is 29.5 Å². The molecule has 0 saturated heterocycles. The molecule has 32 heavy (non-hydrogen) atoms. The van der Waals surface area contributed by atoms with Crippen LogP contribution in [-0.2, 0) is 21.8 Å². The lowest BCUT2D eigenvalue weighted by molar-refractivity contribution is -0.269. The average Bonchev–Trinajstić information content (AvgIpc) is 3.48. The van der Waals surface area contributed by atoms with Crippen LogP contribution >= 0.6 is 34.8 Å². The Morgan fingerprint density at radius 2 is 1.81 bits per heavy atom. The van der Waals surface area contributed by atoms with E-state index in [0.717, 1.165) is 37.1 Å². The Balaban J connectivity index is 1.69. The number of hydrogen-bond acceptors (Lipinski definition) is 3. The van der Waals surface area contributed by atoms with Crippen molar-refractivity contribution in [2.24, 2.45) is 5.92 Å². The first-order valence-electron chi connectivity index (χ1n) is 9.47. The van der Waals surface area contributed by atoms with Crippen molar-refractivity contribution in [2.45, 2.75) is 31.2 Å². The Kier molecular flexibility index (Phi) is 6.09. The van der Waals surface area contributed by atoms with Gasteiger partial charge in [0, 0.05) is 29.2 Å². The molecule has 0 spiro atoms. The summed E-state index contributed by atoms with van der Waals surface area (Å²) in [5, 5.41) is 2.21. The van der Waals surface area contributed by atoms with Crippen LogP contribution in [0.5, 0.6) is 0 Å². The normalized spacial score (nSPS) is 20.7. The topological polar surface area (TPSA) is 50.4 Å². The molecular weight excluding hydrogens is 495 g/mol. The van der Waals surface area contributed by atoms with Crippen LogP contribution in [0.4, 0.5) is 17.6 Å². The van der Waals surface area contributed by atoms with E-state index in [0.29, 0.717) is 0 Å². The van der Waals surface area contributed by atoms with E-state index in [2.05, 4.69) is 10.8 Å². The minimum Gasteiger partial charge on any atom is -0.352 e. The largest absolute Gasteiger partial charge is 0.428 e. The fraction of sp³-hybridized carbons (Fsp3) is 0.286. The highest BCUT2D eigenvalue weighted by molar-refractivity contribution is 6.48. The van der Waals surface area contributed by atoms with Crippen molar-refractivity contribution in [1.29, 1.82) is 0 Å². The molecular formula is C21H15Cl3F4N2O2. The molecule has 4 nitrogen and oxygen atoms in total. The highest BCUT2D eigenvalue weighted by Gasteiger charge is 2.59. The number of benzene rings is 2. The summed E-state index contributed by atoms with van der Waals surface area (Å²) in [5.74, 6) is -0.828. The zero-order valence-electron chi connectivity index (χ0n) is 16.1. The highest BCUT2D eigenvalue weighted by Crippen LogP contribution is 2.49. The van der Waals surface area contributed by atoms with Crippen LogP contribution in [0.15, 0.2) is 36.4 Å². The number of rotatable bonds is 5. The Labute approximate surface area is 195 Å². The van der Waals surface area contributed by atoms with Gasteiger partial charge in [0.1, 0.15) is 5.82 Å². The van der Waals surface area contributed by atoms with E-state index in [1.165, 1.54) is 12.1 Å². The molecule has 1 aliphatic heterocycles. The number of halogens is 7. The molecule has 0 aromatic heterocycles. The van der Waals surface area contributed by atoms with Gasteiger partial charge in [-0.15, -0.1) is 0 Å². The molecule has 4 rings (SSSR count). The van der Waals surface area contributed by atoms with E-state index in [1.54, 1.807) is 0 Å². The lowest BCUT2D eigenvalue weighted by Crippen LogP contribution is -2.42. The Morgan fingerprint density at radius 3 is 2.41 bits per heavy atom. The van der Waals surface area contributed by atoms with Gasteiger partial charge in [0.2, 0.25) is 11.5 Å². The molecule has 1 saturated carbocycles. The van der Waals surface area contributed by atoms with Crippen molar-refractivity contribution in [3.05, 3.63) is 74.0 Å². The molecule has 2 aliphatic rings. The Bertz CT molecular complexity index is 1100. The molecule has 0 bridgehead atoms. The van der Waals surface area contributed by atoms with E-state index in [1.807, 2.05) is 0 Å². The molecule has 0 radical (unpaired) electrons. The van der Waals surface area contributed by atoms with Gasteiger partial charge >= 0.3 is 6.18 Å². The van der Waals surface area contributed by atoms with E-state index < -0.39 is 17.6 Å². The first-order valence-corrected chi connectivity index (χ1v) is 10.6. The van der Waals surface area contributed by atoms with Crippen LogP contribution < -0.4 is 10.8 Å². The standard InChI is InChI=1S/C21H15Cl3F4N2O2/c22-14-6-13(7-15(23)18(14)24)20(21(26,27)28)8-17(30-32-20)11-3-4-16(25)12(5-11)9-29-19(31)10-1-2-10/h3-8,10,30H,1-2,9H2,(H,29,31). The maximum Gasteiger partial charge on any atom is 0.428 e. The quantitative estimate of drug-likeness (QED) is 0.376. The monoisotopic (exact) mass is 508 g/mol. The van der Waals surface area contributed by atoms with Gasteiger partial charge < -0.3 is 5.32 Å². The summed E-state index contributed by atoms with van der Waals surface area (Å²) in [6, 6.07) is 5.80. The van der Waals surface area contributed by atoms with Crippen molar-refractivity contribution in [3.63, 3.8) is 0 Å². The summed E-state index contributed by atoms with van der Waals surface area (Å²) in [5.41, 5.74) is -0.697. The molecule has 1 fully saturated rings. The van der Waals surface area contributed by atoms with Gasteiger partial charge in [-0.1, -0.05) is 34.8 Å². The number of amides is 1. The fourth-order valence-electron chi connectivity index (χ4n) is 3.31. The van der Waals surface area contributed by atoms with Crippen molar-refractivity contribution in [2.75, 3.05) is 0 Å². The second-order valence-corrected chi connectivity index (χ2v) is 8.74. The van der Waals surface area contributed by atoms with Gasteiger partial charge in [-0.25, -0.2) is 4.39 Å². The van der Waals surface area contributed by atoms with Crippen molar-refractivity contribution < 1.29 is 27.2 Å². The molecule has 2 aromatic rings. The summed E-state index contributed by atoms with van der Waals surface area (Å²) in [6.07, 6.45) is -2.49. The van der Waals surface area contributed by atoms with Gasteiger partial charge in [-0.3, -0.25) is 15.1 Å².